The van der Waals surface area contributed by atoms with E-state index in [1.165, 1.54) is 0 Å². The highest BCUT2D eigenvalue weighted by Gasteiger charge is 2.45. The van der Waals surface area contributed by atoms with Crippen LogP contribution in [0, 0.1) is 0 Å². The van der Waals surface area contributed by atoms with E-state index in [-0.39, 0.29) is 0 Å². The molecular formula is C33H26Cl2O4. The predicted octanol–water partition coefficient (Wildman–Crippen LogP) is 8.20. The summed E-state index contributed by atoms with van der Waals surface area (Å²) in [6.45, 7) is 0. The van der Waals surface area contributed by atoms with Crippen LogP contribution in [-0.2, 0) is 5.41 Å². The van der Waals surface area contributed by atoms with Crippen molar-refractivity contribution in [2.24, 2.45) is 0 Å². The van der Waals surface area contributed by atoms with Gasteiger partial charge in [0.2, 0.25) is 0 Å². The molecule has 0 saturated carbocycles. The van der Waals surface area contributed by atoms with Crippen molar-refractivity contribution in [3.05, 3.63) is 128 Å². The molecule has 39 heavy (non-hydrogen) atoms. The van der Waals surface area contributed by atoms with Crippen LogP contribution in [0.25, 0.3) is 11.1 Å². The van der Waals surface area contributed by atoms with Gasteiger partial charge in [-0.25, -0.2) is 0 Å². The maximum Gasteiger partial charge on any atom is 0.161 e. The summed E-state index contributed by atoms with van der Waals surface area (Å²) in [6.07, 6.45) is 4.63. The van der Waals surface area contributed by atoms with Crippen LogP contribution in [0.15, 0.2) is 84.9 Å². The third-order valence-electron chi connectivity index (χ3n) is 7.57. The van der Waals surface area contributed by atoms with Crippen LogP contribution in [0.4, 0.5) is 0 Å². The van der Waals surface area contributed by atoms with E-state index in [2.05, 4.69) is 36.4 Å². The summed E-state index contributed by atoms with van der Waals surface area (Å²) >= 11 is 12.5. The van der Waals surface area contributed by atoms with Gasteiger partial charge in [0.15, 0.2) is 23.0 Å². The normalized spacial score (nSPS) is 14.4. The van der Waals surface area contributed by atoms with Crippen LogP contribution < -0.4 is 18.9 Å². The monoisotopic (exact) mass is 556 g/mol. The van der Waals surface area contributed by atoms with Gasteiger partial charge >= 0.3 is 0 Å². The van der Waals surface area contributed by atoms with Crippen LogP contribution in [0.3, 0.4) is 0 Å². The first-order valence-electron chi connectivity index (χ1n) is 12.4. The summed E-state index contributed by atoms with van der Waals surface area (Å²) < 4.78 is 23.0. The lowest BCUT2D eigenvalue weighted by molar-refractivity contribution is 0.353. The van der Waals surface area contributed by atoms with Crippen LogP contribution in [0.1, 0.15) is 33.4 Å². The zero-order chi connectivity index (χ0) is 27.3. The van der Waals surface area contributed by atoms with Crippen LogP contribution in [0.5, 0.6) is 23.0 Å². The Kier molecular flexibility index (Phi) is 6.33. The lowest BCUT2D eigenvalue weighted by atomic mass is 9.78. The molecule has 4 aromatic carbocycles. The zero-order valence-electron chi connectivity index (χ0n) is 22.0. The molecule has 0 amide bonds. The Bertz CT molecular complexity index is 1530. The molecule has 6 heteroatoms. The number of methoxy groups -OCH3 is 4. The van der Waals surface area contributed by atoms with Crippen molar-refractivity contribution < 1.29 is 18.9 Å². The van der Waals surface area contributed by atoms with Gasteiger partial charge in [-0.2, -0.15) is 0 Å². The Morgan fingerprint density at radius 3 is 1.15 bits per heavy atom. The fourth-order valence-electron chi connectivity index (χ4n) is 5.73. The molecule has 4 aromatic rings. The van der Waals surface area contributed by atoms with Crippen LogP contribution >= 0.6 is 23.2 Å². The Morgan fingerprint density at radius 1 is 0.487 bits per heavy atom. The molecule has 0 saturated heterocycles. The summed E-state index contributed by atoms with van der Waals surface area (Å²) in [5.41, 5.74) is 7.96. The summed E-state index contributed by atoms with van der Waals surface area (Å²) in [5.74, 6) is 2.66. The summed E-state index contributed by atoms with van der Waals surface area (Å²) in [6, 6.07) is 24.1. The minimum atomic E-state index is -0.603. The fourth-order valence-corrected chi connectivity index (χ4v) is 5.99. The standard InChI is InChI=1S/C33H26Cl2O4/c1-36-29-13-23-25(19-5-9-21(34)10-6-19)17-33(27(23)15-31(29)38-3)18-26(20-7-11-22(35)12-8-20)24-14-30(37-2)32(39-4)16-28(24)33/h5-18H,1-4H3. The van der Waals surface area contributed by atoms with Gasteiger partial charge in [-0.3, -0.25) is 0 Å². The molecule has 4 nitrogen and oxygen atoms in total. The maximum absolute atomic E-state index is 6.25. The van der Waals surface area contributed by atoms with Crippen molar-refractivity contribution in [3.8, 4) is 23.0 Å². The van der Waals surface area contributed by atoms with Gasteiger partial charge in [-0.1, -0.05) is 59.6 Å². The number of ether oxygens (including phenoxy) is 4. The van der Waals surface area contributed by atoms with Gasteiger partial charge in [0, 0.05) is 10.0 Å². The molecule has 0 unspecified atom stereocenters. The lowest BCUT2D eigenvalue weighted by Gasteiger charge is -2.25. The molecule has 0 atom stereocenters. The first-order chi connectivity index (χ1) is 18.9. The second-order valence-corrected chi connectivity index (χ2v) is 10.4. The molecule has 1 spiro atoms. The van der Waals surface area contributed by atoms with Crippen molar-refractivity contribution >= 4 is 34.3 Å². The molecule has 6 rings (SSSR count). The highest BCUT2D eigenvalue weighted by Crippen LogP contribution is 2.58. The minimum absolute atomic E-state index is 0.603. The van der Waals surface area contributed by atoms with Crippen LogP contribution in [-0.4, -0.2) is 28.4 Å². The molecule has 0 heterocycles. The van der Waals surface area contributed by atoms with Crippen molar-refractivity contribution in [1.82, 2.24) is 0 Å². The van der Waals surface area contributed by atoms with E-state index >= 15 is 0 Å². The molecule has 0 fully saturated rings. The second-order valence-electron chi connectivity index (χ2n) is 9.50. The van der Waals surface area contributed by atoms with E-state index in [1.807, 2.05) is 48.5 Å². The predicted molar refractivity (Wildman–Crippen MR) is 157 cm³/mol. The van der Waals surface area contributed by atoms with E-state index in [4.69, 9.17) is 42.1 Å². The first kappa shape index (κ1) is 25.4. The smallest absolute Gasteiger partial charge is 0.161 e. The van der Waals surface area contributed by atoms with Crippen molar-refractivity contribution in [1.29, 1.82) is 0 Å². The van der Waals surface area contributed by atoms with E-state index in [9.17, 15) is 0 Å². The van der Waals surface area contributed by atoms with E-state index < -0.39 is 5.41 Å². The number of halogens is 2. The maximum atomic E-state index is 6.25. The molecule has 0 aliphatic heterocycles. The van der Waals surface area contributed by atoms with Gasteiger partial charge in [0.05, 0.1) is 33.9 Å². The summed E-state index contributed by atoms with van der Waals surface area (Å²) in [5, 5.41) is 1.38. The molecule has 2 aliphatic rings. The van der Waals surface area contributed by atoms with Crippen molar-refractivity contribution in [2.75, 3.05) is 28.4 Å². The van der Waals surface area contributed by atoms with Gasteiger partial charge in [0.1, 0.15) is 0 Å². The van der Waals surface area contributed by atoms with Gasteiger partial charge in [-0.05, 0) is 93.1 Å². The molecule has 0 bridgehead atoms. The quantitative estimate of drug-likeness (QED) is 0.240. The summed E-state index contributed by atoms with van der Waals surface area (Å²) in [4.78, 5) is 0. The number of rotatable bonds is 6. The van der Waals surface area contributed by atoms with Crippen molar-refractivity contribution in [3.63, 3.8) is 0 Å². The van der Waals surface area contributed by atoms with Gasteiger partial charge in [-0.15, -0.1) is 0 Å². The minimum Gasteiger partial charge on any atom is -0.493 e. The zero-order valence-corrected chi connectivity index (χ0v) is 23.5. The average molecular weight is 557 g/mol. The van der Waals surface area contributed by atoms with E-state index in [1.54, 1.807) is 28.4 Å². The first-order valence-corrected chi connectivity index (χ1v) is 13.2. The SMILES string of the molecule is COc1cc2c(cc1OC)C1(C=C2c2ccc(Cl)cc2)C=C(c2ccc(Cl)cc2)c2cc(OC)c(OC)cc21. The Morgan fingerprint density at radius 2 is 0.821 bits per heavy atom. The van der Waals surface area contributed by atoms with Crippen molar-refractivity contribution in [2.45, 2.75) is 5.41 Å². The number of fused-ring (bicyclic) bond motifs is 4. The second kappa shape index (κ2) is 9.71. The Hall–Kier alpha value is -3.86. The van der Waals surface area contributed by atoms with Gasteiger partial charge in [0.25, 0.3) is 0 Å². The third-order valence-corrected chi connectivity index (χ3v) is 8.08. The number of benzene rings is 4. The topological polar surface area (TPSA) is 36.9 Å². The third kappa shape index (κ3) is 3.98. The molecule has 2 aliphatic carbocycles. The number of allylic oxidation sites excluding steroid dienone is 2. The Balaban J connectivity index is 1.71. The molecule has 196 valence electrons. The molecular weight excluding hydrogens is 531 g/mol. The van der Waals surface area contributed by atoms with Crippen LogP contribution in [0.2, 0.25) is 10.0 Å². The molecule has 0 radical (unpaired) electrons. The average Bonchev–Trinajstić information content (AvgIpc) is 3.46. The molecule has 0 aromatic heterocycles. The number of hydrogen-bond acceptors (Lipinski definition) is 4. The number of hydrogen-bond donors (Lipinski definition) is 0. The highest BCUT2D eigenvalue weighted by molar-refractivity contribution is 6.31. The largest absolute Gasteiger partial charge is 0.493 e. The highest BCUT2D eigenvalue weighted by atomic mass is 35.5. The summed E-state index contributed by atoms with van der Waals surface area (Å²) in [7, 11) is 6.62. The van der Waals surface area contributed by atoms with Gasteiger partial charge < -0.3 is 18.9 Å². The fraction of sp³-hybridized carbons (Fsp3) is 0.152. The Labute approximate surface area is 238 Å². The van der Waals surface area contributed by atoms with E-state index in [0.717, 1.165) is 44.5 Å². The van der Waals surface area contributed by atoms with E-state index in [0.29, 0.717) is 33.0 Å². The molecule has 0 N–H and O–H groups in total. The lowest BCUT2D eigenvalue weighted by Crippen LogP contribution is -2.19.